The molecule has 5 nitrogen and oxygen atoms in total. The first kappa shape index (κ1) is 18.1. The molecule has 0 aliphatic carbocycles. The van der Waals surface area contributed by atoms with E-state index in [1.807, 2.05) is 31.3 Å². The minimum atomic E-state index is -4.31. The SMILES string of the molecule is CN(C)CCc1c[nH]c2cccc(OC(=O)NCCC(F)(F)F)c12. The van der Waals surface area contributed by atoms with Crippen molar-refractivity contribution in [3.05, 3.63) is 30.0 Å². The van der Waals surface area contributed by atoms with Gasteiger partial charge in [-0.15, -0.1) is 0 Å². The van der Waals surface area contributed by atoms with Gasteiger partial charge in [0, 0.05) is 30.2 Å². The van der Waals surface area contributed by atoms with Crippen LogP contribution in [0.1, 0.15) is 12.0 Å². The molecule has 0 aliphatic heterocycles. The summed E-state index contributed by atoms with van der Waals surface area (Å²) in [6, 6.07) is 5.19. The van der Waals surface area contributed by atoms with Gasteiger partial charge in [-0.25, -0.2) is 4.79 Å². The fourth-order valence-electron chi connectivity index (χ4n) is 2.29. The molecule has 2 rings (SSSR count). The quantitative estimate of drug-likeness (QED) is 0.846. The summed E-state index contributed by atoms with van der Waals surface area (Å²) in [5.74, 6) is 0.326. The number of fused-ring (bicyclic) bond motifs is 1. The lowest BCUT2D eigenvalue weighted by molar-refractivity contribution is -0.133. The second kappa shape index (κ2) is 7.57. The minimum absolute atomic E-state index is 0.326. The Morgan fingerprint density at radius 2 is 2.08 bits per heavy atom. The number of alkyl halides is 3. The van der Waals surface area contributed by atoms with Gasteiger partial charge in [0.05, 0.1) is 6.42 Å². The molecule has 0 saturated heterocycles. The number of aromatic nitrogens is 1. The predicted octanol–water partition coefficient (Wildman–Crippen LogP) is 3.31. The topological polar surface area (TPSA) is 57.4 Å². The van der Waals surface area contributed by atoms with Crippen molar-refractivity contribution in [2.45, 2.75) is 19.0 Å². The summed E-state index contributed by atoms with van der Waals surface area (Å²) in [7, 11) is 3.92. The van der Waals surface area contributed by atoms with Gasteiger partial charge >= 0.3 is 12.3 Å². The van der Waals surface area contributed by atoms with Gasteiger partial charge in [0.15, 0.2) is 0 Å². The number of H-pyrrole nitrogens is 1. The molecule has 1 aromatic heterocycles. The average Bonchev–Trinajstić information content (AvgIpc) is 2.88. The molecular weight excluding hydrogens is 323 g/mol. The molecule has 0 radical (unpaired) electrons. The molecule has 0 saturated carbocycles. The maximum absolute atomic E-state index is 12.1. The Labute approximate surface area is 137 Å². The number of benzene rings is 1. The van der Waals surface area contributed by atoms with E-state index in [0.29, 0.717) is 5.75 Å². The predicted molar refractivity (Wildman–Crippen MR) is 85.3 cm³/mol. The lowest BCUT2D eigenvalue weighted by atomic mass is 10.1. The van der Waals surface area contributed by atoms with E-state index in [9.17, 15) is 18.0 Å². The Bertz CT molecular complexity index is 695. The molecule has 0 aliphatic rings. The standard InChI is InChI=1S/C16H20F3N3O2/c1-22(2)9-6-11-10-21-12-4-3-5-13(14(11)12)24-15(23)20-8-7-16(17,18)19/h3-5,10,21H,6-9H2,1-2H3,(H,20,23). The Morgan fingerprint density at radius 3 is 2.75 bits per heavy atom. The van der Waals surface area contributed by atoms with Crippen LogP contribution in [0.3, 0.4) is 0 Å². The van der Waals surface area contributed by atoms with Crippen LogP contribution in [0.2, 0.25) is 0 Å². The summed E-state index contributed by atoms with van der Waals surface area (Å²) in [6.45, 7) is 0.304. The Hall–Kier alpha value is -2.22. The Balaban J connectivity index is 2.08. The van der Waals surface area contributed by atoms with Crippen molar-refractivity contribution in [2.24, 2.45) is 0 Å². The lowest BCUT2D eigenvalue weighted by Gasteiger charge is -2.11. The number of hydrogen-bond donors (Lipinski definition) is 2. The highest BCUT2D eigenvalue weighted by atomic mass is 19.4. The highest BCUT2D eigenvalue weighted by Gasteiger charge is 2.26. The van der Waals surface area contributed by atoms with E-state index in [1.54, 1.807) is 12.1 Å². The van der Waals surface area contributed by atoms with Gasteiger partial charge in [0.25, 0.3) is 0 Å². The van der Waals surface area contributed by atoms with Gasteiger partial charge in [-0.3, -0.25) is 0 Å². The highest BCUT2D eigenvalue weighted by Crippen LogP contribution is 2.29. The zero-order valence-electron chi connectivity index (χ0n) is 13.5. The van der Waals surface area contributed by atoms with Gasteiger partial charge < -0.3 is 19.9 Å². The number of carbonyl (C=O) groups is 1. The average molecular weight is 343 g/mol. The van der Waals surface area contributed by atoms with Gasteiger partial charge in [0.1, 0.15) is 5.75 Å². The van der Waals surface area contributed by atoms with Crippen LogP contribution in [-0.2, 0) is 6.42 Å². The van der Waals surface area contributed by atoms with E-state index in [2.05, 4.69) is 10.3 Å². The van der Waals surface area contributed by atoms with Crippen molar-refractivity contribution in [3.63, 3.8) is 0 Å². The molecule has 0 spiro atoms. The largest absolute Gasteiger partial charge is 0.412 e. The van der Waals surface area contributed by atoms with Crippen molar-refractivity contribution in [1.82, 2.24) is 15.2 Å². The van der Waals surface area contributed by atoms with Crippen LogP contribution in [0, 0.1) is 0 Å². The minimum Gasteiger partial charge on any atom is -0.410 e. The van der Waals surface area contributed by atoms with E-state index < -0.39 is 25.2 Å². The van der Waals surface area contributed by atoms with Crippen LogP contribution in [0.15, 0.2) is 24.4 Å². The Morgan fingerprint density at radius 1 is 1.33 bits per heavy atom. The van der Waals surface area contributed by atoms with Crippen molar-refractivity contribution >= 4 is 17.0 Å². The number of halogens is 3. The molecule has 24 heavy (non-hydrogen) atoms. The zero-order chi connectivity index (χ0) is 17.7. The number of carbonyl (C=O) groups excluding carboxylic acids is 1. The van der Waals surface area contributed by atoms with Crippen molar-refractivity contribution < 1.29 is 22.7 Å². The molecule has 0 atom stereocenters. The van der Waals surface area contributed by atoms with Crippen molar-refractivity contribution in [3.8, 4) is 5.75 Å². The maximum atomic E-state index is 12.1. The fraction of sp³-hybridized carbons (Fsp3) is 0.438. The number of nitrogens with zero attached hydrogens (tertiary/aromatic N) is 1. The molecule has 0 fully saturated rings. The number of amides is 1. The van der Waals surface area contributed by atoms with Gasteiger partial charge in [-0.2, -0.15) is 13.2 Å². The van der Waals surface area contributed by atoms with Crippen LogP contribution in [-0.4, -0.2) is 49.3 Å². The number of hydrogen-bond acceptors (Lipinski definition) is 3. The third kappa shape index (κ3) is 5.16. The first-order chi connectivity index (χ1) is 11.3. The number of ether oxygens (including phenoxy) is 1. The Kier molecular flexibility index (Phi) is 5.71. The van der Waals surface area contributed by atoms with Crippen LogP contribution < -0.4 is 10.1 Å². The first-order valence-corrected chi connectivity index (χ1v) is 7.52. The molecule has 1 amide bonds. The third-order valence-corrected chi connectivity index (χ3v) is 3.46. The summed E-state index contributed by atoms with van der Waals surface area (Å²) in [4.78, 5) is 16.9. The van der Waals surface area contributed by atoms with Crippen LogP contribution in [0.4, 0.5) is 18.0 Å². The van der Waals surface area contributed by atoms with E-state index in [0.717, 1.165) is 29.4 Å². The van der Waals surface area contributed by atoms with Crippen LogP contribution >= 0.6 is 0 Å². The molecular formula is C16H20F3N3O2. The summed E-state index contributed by atoms with van der Waals surface area (Å²) in [5.41, 5.74) is 1.79. The van der Waals surface area contributed by atoms with E-state index in [1.165, 1.54) is 0 Å². The highest BCUT2D eigenvalue weighted by molar-refractivity contribution is 5.91. The van der Waals surface area contributed by atoms with Crippen molar-refractivity contribution in [2.75, 3.05) is 27.2 Å². The van der Waals surface area contributed by atoms with Gasteiger partial charge in [-0.1, -0.05) is 6.07 Å². The molecule has 8 heteroatoms. The van der Waals surface area contributed by atoms with E-state index >= 15 is 0 Å². The summed E-state index contributed by atoms with van der Waals surface area (Å²) in [5, 5.41) is 2.88. The number of aromatic amines is 1. The van der Waals surface area contributed by atoms with E-state index in [-0.39, 0.29) is 0 Å². The monoisotopic (exact) mass is 343 g/mol. The molecule has 132 valence electrons. The second-order valence-corrected chi connectivity index (χ2v) is 5.73. The lowest BCUT2D eigenvalue weighted by Crippen LogP contribution is -2.30. The maximum Gasteiger partial charge on any atom is 0.412 e. The molecule has 1 heterocycles. The first-order valence-electron chi connectivity index (χ1n) is 7.52. The number of rotatable bonds is 6. The third-order valence-electron chi connectivity index (χ3n) is 3.46. The molecule has 0 bridgehead atoms. The normalized spacial score (nSPS) is 11.9. The van der Waals surface area contributed by atoms with E-state index in [4.69, 9.17) is 4.74 Å². The second-order valence-electron chi connectivity index (χ2n) is 5.73. The molecule has 0 unspecified atom stereocenters. The molecule has 2 N–H and O–H groups in total. The summed E-state index contributed by atoms with van der Waals surface area (Å²) >= 11 is 0. The molecule has 1 aromatic carbocycles. The fourth-order valence-corrected chi connectivity index (χ4v) is 2.29. The number of likely N-dealkylation sites (N-methyl/N-ethyl adjacent to an activating group) is 1. The number of nitrogens with one attached hydrogen (secondary N) is 2. The van der Waals surface area contributed by atoms with Crippen LogP contribution in [0.25, 0.3) is 10.9 Å². The van der Waals surface area contributed by atoms with Crippen LogP contribution in [0.5, 0.6) is 5.75 Å². The zero-order valence-corrected chi connectivity index (χ0v) is 13.5. The molecule has 2 aromatic rings. The smallest absolute Gasteiger partial charge is 0.410 e. The van der Waals surface area contributed by atoms with Crippen molar-refractivity contribution in [1.29, 1.82) is 0 Å². The van der Waals surface area contributed by atoms with Gasteiger partial charge in [-0.05, 0) is 38.2 Å². The van der Waals surface area contributed by atoms with Gasteiger partial charge in [0.2, 0.25) is 0 Å². The summed E-state index contributed by atoms with van der Waals surface area (Å²) in [6.07, 6.45) is -3.70. The summed E-state index contributed by atoms with van der Waals surface area (Å²) < 4.78 is 41.5.